The summed E-state index contributed by atoms with van der Waals surface area (Å²) >= 11 is 0. The zero-order chi connectivity index (χ0) is 29.4. The van der Waals surface area contributed by atoms with Gasteiger partial charge in [-0.3, -0.25) is 30.3 Å². The second-order valence-electron chi connectivity index (χ2n) is 9.18. The number of hydrogen-bond donors (Lipinski definition) is 6. The number of hydrogen-bond acceptors (Lipinski definition) is 10. The Bertz CT molecular complexity index is 1610. The summed E-state index contributed by atoms with van der Waals surface area (Å²) in [6.07, 6.45) is 0.596. The van der Waals surface area contributed by atoms with Gasteiger partial charge in [0, 0.05) is 45.0 Å². The van der Waals surface area contributed by atoms with E-state index >= 15 is 4.39 Å². The van der Waals surface area contributed by atoms with Crippen molar-refractivity contribution in [1.82, 2.24) is 35.7 Å². The monoisotopic (exact) mass is 583 g/mol. The Morgan fingerprint density at radius 2 is 1.95 bits per heavy atom. The Hall–Kier alpha value is -3.77. The number of carbonyl (C=O) groups is 2. The van der Waals surface area contributed by atoms with E-state index in [4.69, 9.17) is 4.52 Å². The molecule has 6 N–H and O–H groups in total. The molecule has 0 radical (unpaired) electrons. The lowest BCUT2D eigenvalue weighted by Gasteiger charge is -2.22. The van der Waals surface area contributed by atoms with Crippen LogP contribution in [0.5, 0.6) is 0 Å². The van der Waals surface area contributed by atoms with Gasteiger partial charge < -0.3 is 19.5 Å². The van der Waals surface area contributed by atoms with Gasteiger partial charge in [0.05, 0.1) is 10.9 Å². The van der Waals surface area contributed by atoms with Gasteiger partial charge in [-0.25, -0.2) is 17.2 Å². The number of carbonyl (C=O) groups excluding carboxylic acids is 1. The number of carboxylic acid groups (broad SMARTS) is 1. The highest BCUT2D eigenvalue weighted by Gasteiger charge is 2.32. The molecule has 17 heteroatoms. The predicted molar refractivity (Wildman–Crippen MR) is 136 cm³/mol. The molecule has 1 fully saturated rings. The first-order valence-corrected chi connectivity index (χ1v) is 13.5. The molecule has 40 heavy (non-hydrogen) atoms. The van der Waals surface area contributed by atoms with Crippen LogP contribution in [-0.2, 0) is 21.4 Å². The smallest absolute Gasteiger partial charge is 0.323 e. The van der Waals surface area contributed by atoms with Crippen LogP contribution in [0.4, 0.5) is 8.78 Å². The summed E-state index contributed by atoms with van der Waals surface area (Å²) in [5.74, 6) is -4.68. The molecule has 1 amide bonds. The Labute approximate surface area is 226 Å². The lowest BCUT2D eigenvalue weighted by atomic mass is 10.1. The Kier molecular flexibility index (Phi) is 8.31. The molecule has 1 aliphatic heterocycles. The number of amides is 1. The van der Waals surface area contributed by atoms with Crippen molar-refractivity contribution < 1.29 is 36.4 Å². The summed E-state index contributed by atoms with van der Waals surface area (Å²) < 4.78 is 62.3. The number of nitrogens with zero attached hydrogens (tertiary/aromatic N) is 2. The summed E-state index contributed by atoms with van der Waals surface area (Å²) in [7, 11) is -3.26. The number of aliphatic carboxylic acids is 1. The molecule has 1 atom stereocenters. The number of fused-ring (bicyclic) bond motifs is 1. The van der Waals surface area contributed by atoms with Crippen LogP contribution in [0.2, 0.25) is 0 Å². The molecule has 1 aromatic carbocycles. The van der Waals surface area contributed by atoms with Crippen LogP contribution < -0.4 is 26.1 Å². The number of carboxylic acids is 1. The quantitative estimate of drug-likeness (QED) is 0.180. The summed E-state index contributed by atoms with van der Waals surface area (Å²) in [5.41, 5.74) is -2.15. The summed E-state index contributed by atoms with van der Waals surface area (Å²) in [6.45, 7) is 3.17. The Morgan fingerprint density at radius 1 is 1.27 bits per heavy atom. The molecule has 3 heterocycles. The van der Waals surface area contributed by atoms with Gasteiger partial charge in [-0.2, -0.15) is 4.72 Å². The molecule has 0 bridgehead atoms. The molecule has 1 saturated heterocycles. The van der Waals surface area contributed by atoms with Gasteiger partial charge in [-0.15, -0.1) is 0 Å². The fourth-order valence-corrected chi connectivity index (χ4v) is 5.85. The Balaban J connectivity index is 1.56. The highest BCUT2D eigenvalue weighted by atomic mass is 32.2. The van der Waals surface area contributed by atoms with Crippen molar-refractivity contribution in [3.05, 3.63) is 56.7 Å². The highest BCUT2D eigenvalue weighted by molar-refractivity contribution is 7.89. The molecule has 0 aliphatic carbocycles. The van der Waals surface area contributed by atoms with E-state index < -0.39 is 62.5 Å². The second-order valence-corrected chi connectivity index (χ2v) is 10.8. The van der Waals surface area contributed by atoms with Crippen molar-refractivity contribution in [3.8, 4) is 0 Å². The van der Waals surface area contributed by atoms with E-state index in [0.29, 0.717) is 13.1 Å². The van der Waals surface area contributed by atoms with Crippen molar-refractivity contribution in [3.63, 3.8) is 0 Å². The maximum absolute atomic E-state index is 15.1. The molecular weight excluding hydrogens is 556 g/mol. The third-order valence-corrected chi connectivity index (χ3v) is 8.05. The molecule has 4 rings (SSSR count). The third kappa shape index (κ3) is 5.73. The number of aromatic nitrogens is 2. The number of pyridine rings is 1. The minimum atomic E-state index is -4.41. The van der Waals surface area contributed by atoms with Gasteiger partial charge in [0.1, 0.15) is 34.3 Å². The molecule has 0 spiro atoms. The maximum Gasteiger partial charge on any atom is 0.323 e. The zero-order valence-electron chi connectivity index (χ0n) is 21.6. The van der Waals surface area contributed by atoms with Crippen LogP contribution in [0.1, 0.15) is 27.4 Å². The van der Waals surface area contributed by atoms with Crippen LogP contribution >= 0.6 is 0 Å². The fourth-order valence-electron chi connectivity index (χ4n) is 4.34. The topological polar surface area (TPSA) is 199 Å². The van der Waals surface area contributed by atoms with E-state index in [2.05, 4.69) is 26.1 Å². The van der Waals surface area contributed by atoms with Gasteiger partial charge in [-0.1, -0.05) is 5.16 Å². The number of aryl methyl sites for hydroxylation is 2. The minimum Gasteiger partial charge on any atom is -0.480 e. The van der Waals surface area contributed by atoms with E-state index in [1.54, 1.807) is 0 Å². The number of H-pyrrole nitrogens is 1. The first-order valence-electron chi connectivity index (χ1n) is 12.0. The second kappa shape index (κ2) is 11.4. The lowest BCUT2D eigenvalue weighted by Crippen LogP contribution is -2.49. The van der Waals surface area contributed by atoms with Crippen LogP contribution in [-0.4, -0.2) is 79.5 Å². The molecule has 14 nitrogen and oxygen atoms in total. The van der Waals surface area contributed by atoms with E-state index in [0.717, 1.165) is 24.2 Å². The van der Waals surface area contributed by atoms with Gasteiger partial charge >= 0.3 is 5.97 Å². The van der Waals surface area contributed by atoms with Crippen molar-refractivity contribution in [2.45, 2.75) is 37.6 Å². The third-order valence-electron chi connectivity index (χ3n) is 6.33. The van der Waals surface area contributed by atoms with Gasteiger partial charge in [0.15, 0.2) is 11.6 Å². The van der Waals surface area contributed by atoms with Gasteiger partial charge in [0.2, 0.25) is 15.5 Å². The minimum absolute atomic E-state index is 0.00606. The number of rotatable bonds is 10. The molecule has 0 saturated carbocycles. The normalized spacial score (nSPS) is 15.0. The van der Waals surface area contributed by atoms with Crippen LogP contribution in [0.25, 0.3) is 10.9 Å². The number of aromatic amines is 1. The molecular formula is C23H27F2N7O7S. The zero-order valence-corrected chi connectivity index (χ0v) is 22.4. The van der Waals surface area contributed by atoms with Crippen molar-refractivity contribution in [2.24, 2.45) is 0 Å². The molecule has 216 valence electrons. The molecule has 1 aliphatic rings. The fraction of sp³-hybridized carbons (Fsp3) is 0.391. The summed E-state index contributed by atoms with van der Waals surface area (Å²) in [5, 5.41) is 21.7. The Morgan fingerprint density at radius 3 is 2.55 bits per heavy atom. The lowest BCUT2D eigenvalue weighted by molar-refractivity contribution is -0.139. The number of benzene rings is 1. The SMILES string of the molecule is Cc1noc(C)c1S(=O)(=O)NC(CN(C)C(=O)c1c[nH]c2c(F)c(CNC3NCCN3)c(F)cc2c1=O)C(=O)O. The van der Waals surface area contributed by atoms with E-state index in [-0.39, 0.29) is 40.3 Å². The molecule has 1 unspecified atom stereocenters. The molecule has 2 aromatic heterocycles. The summed E-state index contributed by atoms with van der Waals surface area (Å²) in [4.78, 5) is 40.9. The number of nitrogens with one attached hydrogen (secondary N) is 5. The van der Waals surface area contributed by atoms with Crippen molar-refractivity contribution in [2.75, 3.05) is 26.7 Å². The van der Waals surface area contributed by atoms with Gasteiger partial charge in [0.25, 0.3) is 5.91 Å². The van der Waals surface area contributed by atoms with E-state index in [9.17, 15) is 32.3 Å². The number of sulfonamides is 1. The number of likely N-dealkylation sites (N-methyl/N-ethyl adjacent to an activating group) is 1. The van der Waals surface area contributed by atoms with Gasteiger partial charge in [-0.05, 0) is 19.9 Å². The first kappa shape index (κ1) is 29.2. The number of halogens is 2. The average molecular weight is 584 g/mol. The highest BCUT2D eigenvalue weighted by Crippen LogP contribution is 2.22. The largest absolute Gasteiger partial charge is 0.480 e. The van der Waals surface area contributed by atoms with Crippen LogP contribution in [0.15, 0.2) is 26.5 Å². The van der Waals surface area contributed by atoms with Crippen molar-refractivity contribution in [1.29, 1.82) is 0 Å². The summed E-state index contributed by atoms with van der Waals surface area (Å²) in [6, 6.07) is -1.00. The van der Waals surface area contributed by atoms with Crippen LogP contribution in [0.3, 0.4) is 0 Å². The van der Waals surface area contributed by atoms with E-state index in [1.807, 2.05) is 4.72 Å². The first-order chi connectivity index (χ1) is 18.8. The maximum atomic E-state index is 15.1. The molecule has 3 aromatic rings. The van der Waals surface area contributed by atoms with E-state index in [1.165, 1.54) is 13.8 Å². The van der Waals surface area contributed by atoms with Crippen LogP contribution in [0, 0.1) is 25.5 Å². The average Bonchev–Trinajstić information content (AvgIpc) is 3.53. The predicted octanol–water partition coefficient (Wildman–Crippen LogP) is -0.519. The van der Waals surface area contributed by atoms with Crippen molar-refractivity contribution >= 4 is 32.8 Å². The standard InChI is InChI=1S/C23H27F2N7O7S/c1-10-20(11(2)39-30-10)40(37,38)31-16(22(35)36)9-32(3)21(34)14-8-28-18-12(19(14)33)6-15(24)13(17(18)25)7-29-23-26-4-5-27-23/h6,8,16,23,26-27,29,31H,4-5,7,9H2,1-3H3,(H,28,33)(H,35,36).